The predicted molar refractivity (Wildman–Crippen MR) is 62.2 cm³/mol. The van der Waals surface area contributed by atoms with E-state index >= 15 is 0 Å². The van der Waals surface area contributed by atoms with Gasteiger partial charge in [0.05, 0.1) is 5.54 Å². The molecular weight excluding hydrogens is 219 g/mol. The number of nitrogens with two attached hydrogens (primary N) is 1. The molecule has 14 heavy (non-hydrogen) atoms. The van der Waals surface area contributed by atoms with Crippen molar-refractivity contribution in [2.75, 3.05) is 13.1 Å². The predicted octanol–water partition coefficient (Wildman–Crippen LogP) is 1.83. The molecule has 1 aliphatic heterocycles. The van der Waals surface area contributed by atoms with E-state index in [9.17, 15) is 0 Å². The normalized spacial score (nSPS) is 18.2. The molecule has 1 saturated heterocycles. The van der Waals surface area contributed by atoms with Crippen LogP contribution in [-0.4, -0.2) is 13.1 Å². The van der Waals surface area contributed by atoms with E-state index in [2.05, 4.69) is 11.4 Å². The van der Waals surface area contributed by atoms with E-state index in [-0.39, 0.29) is 17.9 Å². The monoisotopic (exact) mass is 232 g/mol. The third-order valence-electron chi connectivity index (χ3n) is 2.63. The fourth-order valence-electron chi connectivity index (χ4n) is 1.50. The SMILES string of the molecule is Cc1ccc(C2(N)CNC2)cc1Cl.Cl. The van der Waals surface area contributed by atoms with Gasteiger partial charge in [0.15, 0.2) is 0 Å². The van der Waals surface area contributed by atoms with Crippen LogP contribution in [0.1, 0.15) is 11.1 Å². The Labute approximate surface area is 95.2 Å². The Hall–Kier alpha value is -0.280. The first-order chi connectivity index (χ1) is 6.12. The molecule has 0 bridgehead atoms. The molecule has 0 radical (unpaired) electrons. The maximum Gasteiger partial charge on any atom is 0.0662 e. The molecule has 3 N–H and O–H groups in total. The second-order valence-corrected chi connectivity index (χ2v) is 4.13. The molecule has 4 heteroatoms. The van der Waals surface area contributed by atoms with E-state index < -0.39 is 0 Å². The van der Waals surface area contributed by atoms with Gasteiger partial charge < -0.3 is 11.1 Å². The minimum Gasteiger partial charge on any atom is -0.319 e. The van der Waals surface area contributed by atoms with Crippen molar-refractivity contribution in [2.24, 2.45) is 5.73 Å². The van der Waals surface area contributed by atoms with Gasteiger partial charge in [-0.05, 0) is 24.1 Å². The Morgan fingerprint density at radius 1 is 1.43 bits per heavy atom. The summed E-state index contributed by atoms with van der Waals surface area (Å²) in [5, 5.41) is 3.97. The molecule has 1 heterocycles. The molecule has 78 valence electrons. The Balaban J connectivity index is 0.000000980. The first-order valence-electron chi connectivity index (χ1n) is 4.38. The first kappa shape index (κ1) is 11.8. The number of nitrogens with one attached hydrogen (secondary N) is 1. The van der Waals surface area contributed by atoms with E-state index in [0.29, 0.717) is 0 Å². The van der Waals surface area contributed by atoms with Crippen molar-refractivity contribution < 1.29 is 0 Å². The molecule has 2 rings (SSSR count). The summed E-state index contributed by atoms with van der Waals surface area (Å²) in [6.45, 7) is 3.67. The van der Waals surface area contributed by atoms with Crippen molar-refractivity contribution in [1.82, 2.24) is 5.32 Å². The summed E-state index contributed by atoms with van der Waals surface area (Å²) in [5.74, 6) is 0. The molecular formula is C10H14Cl2N2. The van der Waals surface area contributed by atoms with Gasteiger partial charge in [0.2, 0.25) is 0 Å². The molecule has 1 fully saturated rings. The lowest BCUT2D eigenvalue weighted by Crippen LogP contribution is -2.62. The smallest absolute Gasteiger partial charge is 0.0662 e. The summed E-state index contributed by atoms with van der Waals surface area (Å²) in [7, 11) is 0. The summed E-state index contributed by atoms with van der Waals surface area (Å²) in [4.78, 5) is 0. The van der Waals surface area contributed by atoms with Crippen molar-refractivity contribution in [3.63, 3.8) is 0 Å². The summed E-state index contributed by atoms with van der Waals surface area (Å²) in [6.07, 6.45) is 0. The maximum atomic E-state index is 6.12. The summed E-state index contributed by atoms with van der Waals surface area (Å²) in [5.41, 5.74) is 8.15. The summed E-state index contributed by atoms with van der Waals surface area (Å²) >= 11 is 6.02. The first-order valence-corrected chi connectivity index (χ1v) is 4.76. The standard InChI is InChI=1S/C10H13ClN2.ClH/c1-7-2-3-8(4-9(7)11)10(12)5-13-6-10;/h2-4,13H,5-6,12H2,1H3;1H. The van der Waals surface area contributed by atoms with Gasteiger partial charge >= 0.3 is 0 Å². The number of rotatable bonds is 1. The van der Waals surface area contributed by atoms with Gasteiger partial charge in [0.25, 0.3) is 0 Å². The summed E-state index contributed by atoms with van der Waals surface area (Å²) < 4.78 is 0. The van der Waals surface area contributed by atoms with Gasteiger partial charge in [0, 0.05) is 18.1 Å². The largest absolute Gasteiger partial charge is 0.319 e. The highest BCUT2D eigenvalue weighted by Gasteiger charge is 2.34. The van der Waals surface area contributed by atoms with Crippen LogP contribution in [0.4, 0.5) is 0 Å². The molecule has 1 aromatic carbocycles. The van der Waals surface area contributed by atoms with Crippen molar-refractivity contribution in [3.8, 4) is 0 Å². The highest BCUT2D eigenvalue weighted by atomic mass is 35.5. The Morgan fingerprint density at radius 2 is 2.07 bits per heavy atom. The average Bonchev–Trinajstić information content (AvgIpc) is 2.06. The molecule has 1 aliphatic rings. The van der Waals surface area contributed by atoms with Crippen molar-refractivity contribution >= 4 is 24.0 Å². The van der Waals surface area contributed by atoms with E-state index in [1.54, 1.807) is 0 Å². The molecule has 0 atom stereocenters. The highest BCUT2D eigenvalue weighted by Crippen LogP contribution is 2.26. The minimum absolute atomic E-state index is 0. The van der Waals surface area contributed by atoms with Crippen LogP contribution in [0, 0.1) is 6.92 Å². The lowest BCUT2D eigenvalue weighted by Gasteiger charge is -2.39. The molecule has 0 amide bonds. The zero-order valence-electron chi connectivity index (χ0n) is 8.01. The fraction of sp³-hybridized carbons (Fsp3) is 0.400. The van der Waals surface area contributed by atoms with Crippen molar-refractivity contribution in [1.29, 1.82) is 0 Å². The number of benzene rings is 1. The zero-order chi connectivity index (χ0) is 9.47. The van der Waals surface area contributed by atoms with Crippen LogP contribution in [0.25, 0.3) is 0 Å². The Bertz CT molecular complexity index is 335. The summed E-state index contributed by atoms with van der Waals surface area (Å²) in [6, 6.07) is 6.05. The number of aryl methyl sites for hydroxylation is 1. The number of hydrogen-bond donors (Lipinski definition) is 2. The second kappa shape index (κ2) is 4.07. The van der Waals surface area contributed by atoms with E-state index in [0.717, 1.165) is 29.2 Å². The lowest BCUT2D eigenvalue weighted by atomic mass is 9.85. The highest BCUT2D eigenvalue weighted by molar-refractivity contribution is 6.31. The van der Waals surface area contributed by atoms with Crippen LogP contribution in [0.2, 0.25) is 5.02 Å². The van der Waals surface area contributed by atoms with Gasteiger partial charge in [0.1, 0.15) is 0 Å². The average molecular weight is 233 g/mol. The molecule has 1 aromatic rings. The second-order valence-electron chi connectivity index (χ2n) is 3.72. The van der Waals surface area contributed by atoms with Gasteiger partial charge in [-0.25, -0.2) is 0 Å². The van der Waals surface area contributed by atoms with Gasteiger partial charge in [-0.2, -0.15) is 0 Å². The van der Waals surface area contributed by atoms with E-state index in [4.69, 9.17) is 17.3 Å². The molecule has 2 nitrogen and oxygen atoms in total. The maximum absolute atomic E-state index is 6.12. The molecule has 0 saturated carbocycles. The van der Waals surface area contributed by atoms with Gasteiger partial charge in [-0.15, -0.1) is 12.4 Å². The van der Waals surface area contributed by atoms with Crippen LogP contribution < -0.4 is 11.1 Å². The quantitative estimate of drug-likeness (QED) is 0.776. The Morgan fingerprint density at radius 3 is 2.50 bits per heavy atom. The van der Waals surface area contributed by atoms with Crippen LogP contribution in [0.3, 0.4) is 0 Å². The minimum atomic E-state index is -0.197. The van der Waals surface area contributed by atoms with Crippen LogP contribution >= 0.6 is 24.0 Å². The van der Waals surface area contributed by atoms with Crippen LogP contribution in [0.5, 0.6) is 0 Å². The third-order valence-corrected chi connectivity index (χ3v) is 3.03. The van der Waals surface area contributed by atoms with E-state index in [1.165, 1.54) is 0 Å². The van der Waals surface area contributed by atoms with Gasteiger partial charge in [-0.1, -0.05) is 23.7 Å². The number of halogens is 2. The van der Waals surface area contributed by atoms with Crippen molar-refractivity contribution in [3.05, 3.63) is 34.3 Å². The van der Waals surface area contributed by atoms with E-state index in [1.807, 2.05) is 19.1 Å². The van der Waals surface area contributed by atoms with Crippen LogP contribution in [-0.2, 0) is 5.54 Å². The molecule has 0 spiro atoms. The zero-order valence-corrected chi connectivity index (χ0v) is 9.58. The van der Waals surface area contributed by atoms with Crippen molar-refractivity contribution in [2.45, 2.75) is 12.5 Å². The topological polar surface area (TPSA) is 38.0 Å². The lowest BCUT2D eigenvalue weighted by molar-refractivity contribution is 0.287. The molecule has 0 aliphatic carbocycles. The van der Waals surface area contributed by atoms with Gasteiger partial charge in [-0.3, -0.25) is 0 Å². The fourth-order valence-corrected chi connectivity index (χ4v) is 1.68. The molecule has 0 unspecified atom stereocenters. The van der Waals surface area contributed by atoms with Crippen LogP contribution in [0.15, 0.2) is 18.2 Å². The third kappa shape index (κ3) is 1.89. The number of hydrogen-bond acceptors (Lipinski definition) is 2. The Kier molecular flexibility index (Phi) is 3.43. The molecule has 0 aromatic heterocycles.